The van der Waals surface area contributed by atoms with Crippen molar-refractivity contribution in [2.75, 3.05) is 6.54 Å². The highest BCUT2D eigenvalue weighted by Gasteiger charge is 2.67. The Morgan fingerprint density at radius 1 is 0.974 bits per heavy atom. The van der Waals surface area contributed by atoms with Crippen LogP contribution in [-0.4, -0.2) is 46.7 Å². The van der Waals surface area contributed by atoms with Crippen molar-refractivity contribution in [2.24, 2.45) is 45.1 Å². The molecule has 0 bridgehead atoms. The zero-order chi connectivity index (χ0) is 28.8. The van der Waals surface area contributed by atoms with Gasteiger partial charge in [0.1, 0.15) is 5.78 Å². The van der Waals surface area contributed by atoms with Crippen molar-refractivity contribution in [3.63, 3.8) is 0 Å². The topological polar surface area (TPSA) is 115 Å². The van der Waals surface area contributed by atoms with E-state index in [4.69, 9.17) is 5.73 Å². The minimum absolute atomic E-state index is 0.0220. The van der Waals surface area contributed by atoms with Gasteiger partial charge in [-0.05, 0) is 46.8 Å². The summed E-state index contributed by atoms with van der Waals surface area (Å²) in [4.78, 5) is 67.2. The van der Waals surface area contributed by atoms with E-state index in [-0.39, 0.29) is 46.6 Å². The largest absolute Gasteiger partial charge is 0.363 e. The summed E-state index contributed by atoms with van der Waals surface area (Å²) in [7, 11) is 0. The van der Waals surface area contributed by atoms with Gasteiger partial charge < -0.3 is 10.6 Å². The van der Waals surface area contributed by atoms with Crippen LogP contribution in [0.25, 0.3) is 0 Å². The summed E-state index contributed by atoms with van der Waals surface area (Å²) in [6.07, 6.45) is 5.57. The first-order valence-corrected chi connectivity index (χ1v) is 14.4. The van der Waals surface area contributed by atoms with Gasteiger partial charge in [0.2, 0.25) is 11.7 Å². The number of primary amides is 1. The number of carbonyl (C=O) groups is 5. The number of hydrogen-bond acceptors (Lipinski definition) is 5. The van der Waals surface area contributed by atoms with E-state index in [9.17, 15) is 24.0 Å². The molecule has 214 valence electrons. The number of likely N-dealkylation sites (tertiary alicyclic amines) is 1. The van der Waals surface area contributed by atoms with Crippen molar-refractivity contribution in [3.05, 3.63) is 0 Å². The molecule has 7 nitrogen and oxygen atoms in total. The number of ketones is 3. The maximum absolute atomic E-state index is 14.2. The molecule has 7 heteroatoms. The quantitative estimate of drug-likeness (QED) is 0.382. The molecule has 1 aliphatic heterocycles. The first-order chi connectivity index (χ1) is 17.3. The molecular formula is C31H50N2O5. The van der Waals surface area contributed by atoms with Gasteiger partial charge in [0, 0.05) is 37.6 Å². The van der Waals surface area contributed by atoms with Crippen LogP contribution in [0.15, 0.2) is 0 Å². The van der Waals surface area contributed by atoms with Gasteiger partial charge in [0.05, 0.1) is 6.04 Å². The second kappa shape index (κ2) is 10.5. The number of nitrogens with zero attached hydrogens (tertiary/aromatic N) is 1. The first kappa shape index (κ1) is 30.5. The second-order valence-electron chi connectivity index (χ2n) is 15.6. The van der Waals surface area contributed by atoms with E-state index in [1.54, 1.807) is 4.90 Å². The molecular weight excluding hydrogens is 480 g/mol. The van der Waals surface area contributed by atoms with E-state index in [2.05, 4.69) is 13.8 Å². The molecule has 1 spiro atoms. The molecule has 1 saturated heterocycles. The van der Waals surface area contributed by atoms with Crippen molar-refractivity contribution in [1.29, 1.82) is 0 Å². The van der Waals surface area contributed by atoms with Crippen LogP contribution in [0, 0.1) is 39.4 Å². The number of rotatable bonds is 11. The van der Waals surface area contributed by atoms with Gasteiger partial charge in [-0.3, -0.25) is 24.0 Å². The van der Waals surface area contributed by atoms with Crippen molar-refractivity contribution in [1.82, 2.24) is 4.90 Å². The Hall–Kier alpha value is -2.05. The van der Waals surface area contributed by atoms with Crippen LogP contribution in [0.2, 0.25) is 0 Å². The van der Waals surface area contributed by atoms with Crippen molar-refractivity contribution in [3.8, 4) is 0 Å². The number of amides is 2. The molecule has 4 atom stereocenters. The van der Waals surface area contributed by atoms with Gasteiger partial charge in [-0.2, -0.15) is 0 Å². The number of hydrogen-bond donors (Lipinski definition) is 1. The standard InChI is InChI=1S/C31H50N2O5/c1-28(2,3)15-21(34)14-22(29(4,5)6)27(38)33-18-31(17-30(31,7)8)16-23(33)24(35)13-20(25(36)26(32)37)12-19-10-9-11-19/h19-20,22-23H,9-18H2,1-8H3,(H2,32,37)/t20?,22-,23?,31?/m1/s1. The third-order valence-electron chi connectivity index (χ3n) is 9.59. The van der Waals surface area contributed by atoms with E-state index >= 15 is 0 Å². The second-order valence-corrected chi connectivity index (χ2v) is 15.6. The predicted molar refractivity (Wildman–Crippen MR) is 147 cm³/mol. The van der Waals surface area contributed by atoms with E-state index in [1.807, 2.05) is 41.5 Å². The monoisotopic (exact) mass is 530 g/mol. The van der Waals surface area contributed by atoms with Crippen LogP contribution in [0.4, 0.5) is 0 Å². The average molecular weight is 531 g/mol. The number of Topliss-reactive ketones (excluding diaryl/α,β-unsaturated/α-hetero) is 3. The molecule has 3 aliphatic rings. The van der Waals surface area contributed by atoms with E-state index in [0.29, 0.717) is 31.7 Å². The van der Waals surface area contributed by atoms with Gasteiger partial charge in [0.25, 0.3) is 5.91 Å². The fraction of sp³-hybridized carbons (Fsp3) is 0.839. The smallest absolute Gasteiger partial charge is 0.285 e. The van der Waals surface area contributed by atoms with Gasteiger partial charge in [0.15, 0.2) is 5.78 Å². The molecule has 3 fully saturated rings. The molecule has 0 aromatic heterocycles. The number of carbonyl (C=O) groups excluding carboxylic acids is 5. The van der Waals surface area contributed by atoms with Crippen LogP contribution < -0.4 is 5.73 Å². The van der Waals surface area contributed by atoms with Gasteiger partial charge in [-0.25, -0.2) is 0 Å². The van der Waals surface area contributed by atoms with Crippen LogP contribution in [0.1, 0.15) is 113 Å². The Bertz CT molecular complexity index is 981. The summed E-state index contributed by atoms with van der Waals surface area (Å²) in [5.41, 5.74) is 4.62. The van der Waals surface area contributed by atoms with Gasteiger partial charge in [-0.15, -0.1) is 0 Å². The number of nitrogens with two attached hydrogens (primary N) is 1. The highest BCUT2D eigenvalue weighted by molar-refractivity contribution is 6.36. The van der Waals surface area contributed by atoms with Crippen LogP contribution >= 0.6 is 0 Å². The van der Waals surface area contributed by atoms with Gasteiger partial charge in [-0.1, -0.05) is 74.7 Å². The maximum atomic E-state index is 14.2. The van der Waals surface area contributed by atoms with Crippen LogP contribution in [0.5, 0.6) is 0 Å². The Balaban J connectivity index is 1.86. The molecule has 0 aromatic rings. The Labute approximate surface area is 229 Å². The van der Waals surface area contributed by atoms with Crippen LogP contribution in [-0.2, 0) is 24.0 Å². The molecule has 2 saturated carbocycles. The Morgan fingerprint density at radius 2 is 1.55 bits per heavy atom. The molecule has 0 aromatic carbocycles. The first-order valence-electron chi connectivity index (χ1n) is 14.4. The van der Waals surface area contributed by atoms with Crippen molar-refractivity contribution in [2.45, 2.75) is 119 Å². The average Bonchev–Trinajstić information content (AvgIpc) is 3.05. The normalized spacial score (nSPS) is 26.5. The van der Waals surface area contributed by atoms with Crippen molar-refractivity contribution < 1.29 is 24.0 Å². The molecule has 2 aliphatic carbocycles. The van der Waals surface area contributed by atoms with E-state index in [1.165, 1.54) is 0 Å². The lowest BCUT2D eigenvalue weighted by molar-refractivity contribution is -0.147. The minimum Gasteiger partial charge on any atom is -0.363 e. The highest BCUT2D eigenvalue weighted by Crippen LogP contribution is 2.69. The lowest BCUT2D eigenvalue weighted by atomic mass is 9.75. The zero-order valence-corrected chi connectivity index (χ0v) is 24.9. The summed E-state index contributed by atoms with van der Waals surface area (Å²) in [5.74, 6) is -2.85. The highest BCUT2D eigenvalue weighted by atomic mass is 16.2. The van der Waals surface area contributed by atoms with E-state index < -0.39 is 35.0 Å². The zero-order valence-electron chi connectivity index (χ0n) is 24.9. The summed E-state index contributed by atoms with van der Waals surface area (Å²) in [6, 6.07) is -0.642. The lowest BCUT2D eigenvalue weighted by Crippen LogP contribution is -2.48. The summed E-state index contributed by atoms with van der Waals surface area (Å²) < 4.78 is 0. The molecule has 38 heavy (non-hydrogen) atoms. The molecule has 2 amide bonds. The minimum atomic E-state index is -0.994. The van der Waals surface area contributed by atoms with E-state index in [0.717, 1.165) is 25.7 Å². The Kier molecular flexibility index (Phi) is 8.42. The molecule has 1 heterocycles. The fourth-order valence-electron chi connectivity index (χ4n) is 6.77. The summed E-state index contributed by atoms with van der Waals surface area (Å²) >= 11 is 0. The van der Waals surface area contributed by atoms with Crippen molar-refractivity contribution >= 4 is 29.2 Å². The van der Waals surface area contributed by atoms with Crippen LogP contribution in [0.3, 0.4) is 0 Å². The Morgan fingerprint density at radius 3 is 1.97 bits per heavy atom. The summed E-state index contributed by atoms with van der Waals surface area (Å²) in [5, 5.41) is 0. The fourth-order valence-corrected chi connectivity index (χ4v) is 6.77. The molecule has 3 unspecified atom stereocenters. The van der Waals surface area contributed by atoms with Gasteiger partial charge >= 0.3 is 0 Å². The maximum Gasteiger partial charge on any atom is 0.285 e. The third-order valence-corrected chi connectivity index (χ3v) is 9.59. The lowest BCUT2D eigenvalue weighted by Gasteiger charge is -2.35. The molecule has 0 radical (unpaired) electrons. The summed E-state index contributed by atoms with van der Waals surface area (Å²) in [6.45, 7) is 16.8. The molecule has 2 N–H and O–H groups in total. The third kappa shape index (κ3) is 6.74. The predicted octanol–water partition coefficient (Wildman–Crippen LogP) is 4.88. The molecule has 3 rings (SSSR count). The SMILES string of the molecule is CC(C)(C)CC(=O)C[C@H](C(=O)N1CC2(CC1C(=O)CC(CC1CCC1)C(=O)C(N)=O)CC2(C)C)C(C)(C)C.